The minimum Gasteiger partial charge on any atom is -0.543 e. The van der Waals surface area contributed by atoms with E-state index in [0.717, 1.165) is 11.1 Å². The van der Waals surface area contributed by atoms with E-state index in [4.69, 9.17) is 39.5 Å². The normalized spacial score (nSPS) is 11.2. The van der Waals surface area contributed by atoms with Gasteiger partial charge in [0.25, 0.3) is 5.91 Å². The van der Waals surface area contributed by atoms with Crippen molar-refractivity contribution in [3.05, 3.63) is 67.8 Å². The van der Waals surface area contributed by atoms with Gasteiger partial charge in [0.15, 0.2) is 6.61 Å². The van der Waals surface area contributed by atoms with E-state index < -0.39 is 17.6 Å². The number of carbonyl (C=O) groups is 2. The molecule has 0 radical (unpaired) electrons. The number of hydrogen-bond acceptors (Lipinski definition) is 4. The zero-order chi connectivity index (χ0) is 20.1. The van der Waals surface area contributed by atoms with Crippen LogP contribution in [0.25, 0.3) is 6.08 Å². The molecular weight excluding hydrogens is 413 g/mol. The number of carboxylic acids is 1. The molecule has 2 rings (SSSR count). The highest BCUT2D eigenvalue weighted by molar-refractivity contribution is 6.35. The first kappa shape index (κ1) is 21.1. The van der Waals surface area contributed by atoms with Crippen LogP contribution in [-0.2, 0) is 9.59 Å². The number of ether oxygens (including phenoxy) is 1. The fourth-order valence-corrected chi connectivity index (χ4v) is 2.82. The lowest BCUT2D eigenvalue weighted by atomic mass is 10.1. The van der Waals surface area contributed by atoms with Crippen molar-refractivity contribution in [2.24, 2.45) is 0 Å². The van der Waals surface area contributed by atoms with Gasteiger partial charge in [0.05, 0.1) is 11.7 Å². The third-order valence-electron chi connectivity index (χ3n) is 3.54. The molecule has 8 heteroatoms. The van der Waals surface area contributed by atoms with E-state index in [9.17, 15) is 14.7 Å². The predicted molar refractivity (Wildman–Crippen MR) is 104 cm³/mol. The second-order valence-electron chi connectivity index (χ2n) is 5.72. The van der Waals surface area contributed by atoms with Crippen LogP contribution in [0.5, 0.6) is 5.75 Å². The van der Waals surface area contributed by atoms with Crippen LogP contribution < -0.4 is 15.2 Å². The fourth-order valence-electron chi connectivity index (χ4n) is 2.24. The van der Waals surface area contributed by atoms with Gasteiger partial charge in [-0.2, -0.15) is 0 Å². The number of aryl methyl sites for hydroxylation is 2. The summed E-state index contributed by atoms with van der Waals surface area (Å²) in [5, 5.41) is 14.8. The molecule has 0 unspecified atom stereocenters. The molecule has 0 saturated carbocycles. The summed E-state index contributed by atoms with van der Waals surface area (Å²) in [5.74, 6) is -1.78. The van der Waals surface area contributed by atoms with Crippen molar-refractivity contribution in [3.63, 3.8) is 0 Å². The van der Waals surface area contributed by atoms with Gasteiger partial charge in [0.2, 0.25) is 0 Å². The van der Waals surface area contributed by atoms with Crippen LogP contribution in [0.2, 0.25) is 15.1 Å². The van der Waals surface area contributed by atoms with Crippen molar-refractivity contribution in [2.75, 3.05) is 6.61 Å². The third kappa shape index (κ3) is 5.89. The molecule has 0 aliphatic rings. The molecule has 0 bridgehead atoms. The Kier molecular flexibility index (Phi) is 7.13. The summed E-state index contributed by atoms with van der Waals surface area (Å²) in [6.07, 6.45) is 1.18. The number of amides is 1. The summed E-state index contributed by atoms with van der Waals surface area (Å²) in [6, 6.07) is 7.90. The SMILES string of the molecule is Cc1cc(OCC(=O)N/C(=C/c2ccc(Cl)cc2Cl)C(=O)[O-])cc(C)c1Cl. The number of hydrogen-bond donors (Lipinski definition) is 1. The first-order valence-corrected chi connectivity index (χ1v) is 8.88. The lowest BCUT2D eigenvalue weighted by molar-refractivity contribution is -0.299. The summed E-state index contributed by atoms with van der Waals surface area (Å²) in [5.41, 5.74) is 1.53. The van der Waals surface area contributed by atoms with Gasteiger partial charge >= 0.3 is 0 Å². The van der Waals surface area contributed by atoms with E-state index in [0.29, 0.717) is 21.4 Å². The van der Waals surface area contributed by atoms with Gasteiger partial charge in [-0.15, -0.1) is 0 Å². The maximum Gasteiger partial charge on any atom is 0.262 e. The van der Waals surface area contributed by atoms with Gasteiger partial charge in [-0.1, -0.05) is 40.9 Å². The number of carbonyl (C=O) groups excluding carboxylic acids is 2. The summed E-state index contributed by atoms with van der Waals surface area (Å²) >= 11 is 17.9. The third-order valence-corrected chi connectivity index (χ3v) is 4.69. The molecule has 0 aliphatic heterocycles. The van der Waals surface area contributed by atoms with E-state index in [1.807, 2.05) is 13.8 Å². The van der Waals surface area contributed by atoms with Crippen molar-refractivity contribution in [3.8, 4) is 5.75 Å². The molecule has 2 aromatic carbocycles. The van der Waals surface area contributed by atoms with Gasteiger partial charge in [-0.3, -0.25) is 4.79 Å². The first-order chi connectivity index (χ1) is 12.7. The smallest absolute Gasteiger partial charge is 0.262 e. The minimum atomic E-state index is -1.56. The molecule has 0 saturated heterocycles. The summed E-state index contributed by atoms with van der Waals surface area (Å²) in [6.45, 7) is 3.24. The van der Waals surface area contributed by atoms with E-state index in [1.54, 1.807) is 18.2 Å². The molecule has 1 N–H and O–H groups in total. The lowest BCUT2D eigenvalue weighted by Crippen LogP contribution is -2.37. The van der Waals surface area contributed by atoms with Gasteiger partial charge in [-0.25, -0.2) is 0 Å². The van der Waals surface area contributed by atoms with Crippen LogP contribution in [0.15, 0.2) is 36.0 Å². The van der Waals surface area contributed by atoms with Crippen LogP contribution in [0.1, 0.15) is 16.7 Å². The molecule has 1 amide bonds. The molecule has 0 fully saturated rings. The molecule has 142 valence electrons. The Labute approximate surface area is 171 Å². The number of benzene rings is 2. The van der Waals surface area contributed by atoms with Crippen molar-refractivity contribution in [2.45, 2.75) is 13.8 Å². The average molecular weight is 428 g/mol. The number of nitrogens with one attached hydrogen (secondary N) is 1. The van der Waals surface area contributed by atoms with Crippen LogP contribution in [0.3, 0.4) is 0 Å². The highest BCUT2D eigenvalue weighted by atomic mass is 35.5. The second-order valence-corrected chi connectivity index (χ2v) is 6.94. The monoisotopic (exact) mass is 426 g/mol. The minimum absolute atomic E-state index is 0.235. The number of carboxylic acid groups (broad SMARTS) is 1. The largest absolute Gasteiger partial charge is 0.543 e. The first-order valence-electron chi connectivity index (χ1n) is 7.75. The van der Waals surface area contributed by atoms with Crippen LogP contribution in [0, 0.1) is 13.8 Å². The van der Waals surface area contributed by atoms with E-state index >= 15 is 0 Å². The molecule has 27 heavy (non-hydrogen) atoms. The number of aliphatic carboxylic acids is 1. The molecule has 0 aromatic heterocycles. The summed E-state index contributed by atoms with van der Waals surface area (Å²) in [7, 11) is 0. The van der Waals surface area contributed by atoms with Gasteiger partial charge < -0.3 is 20.0 Å². The van der Waals surface area contributed by atoms with Gasteiger partial charge in [0.1, 0.15) is 5.75 Å². The molecule has 0 atom stereocenters. The van der Waals surface area contributed by atoms with Crippen LogP contribution >= 0.6 is 34.8 Å². The zero-order valence-electron chi connectivity index (χ0n) is 14.4. The maximum atomic E-state index is 12.0. The Morgan fingerprint density at radius 2 is 1.74 bits per heavy atom. The standard InChI is InChI=1S/C19H16Cl3NO4/c1-10-5-14(6-11(2)18(10)22)27-9-17(24)23-16(19(25)26)7-12-3-4-13(20)8-15(12)21/h3-8H,9H2,1-2H3,(H,23,24)(H,25,26)/p-1/b16-7+. The highest BCUT2D eigenvalue weighted by Gasteiger charge is 2.10. The van der Waals surface area contributed by atoms with Crippen molar-refractivity contribution in [1.29, 1.82) is 0 Å². The van der Waals surface area contributed by atoms with Crippen LogP contribution in [-0.4, -0.2) is 18.5 Å². The zero-order valence-corrected chi connectivity index (χ0v) is 16.7. The highest BCUT2D eigenvalue weighted by Crippen LogP contribution is 2.26. The Balaban J connectivity index is 2.09. The summed E-state index contributed by atoms with van der Waals surface area (Å²) in [4.78, 5) is 23.3. The van der Waals surface area contributed by atoms with Crippen LogP contribution in [0.4, 0.5) is 0 Å². The number of rotatable bonds is 6. The molecular formula is C19H15Cl3NO4-. The molecule has 2 aromatic rings. The van der Waals surface area contributed by atoms with E-state index in [-0.39, 0.29) is 11.6 Å². The van der Waals surface area contributed by atoms with Gasteiger partial charge in [-0.05, 0) is 60.9 Å². The van der Waals surface area contributed by atoms with E-state index in [2.05, 4.69) is 5.32 Å². The Hall–Kier alpha value is -2.21. The quantitative estimate of drug-likeness (QED) is 0.715. The molecule has 0 heterocycles. The van der Waals surface area contributed by atoms with Crippen molar-refractivity contribution < 1.29 is 19.4 Å². The Morgan fingerprint density at radius 1 is 1.11 bits per heavy atom. The Morgan fingerprint density at radius 3 is 2.30 bits per heavy atom. The lowest BCUT2D eigenvalue weighted by Gasteiger charge is -2.13. The van der Waals surface area contributed by atoms with Gasteiger partial charge in [0, 0.05) is 15.1 Å². The molecule has 0 spiro atoms. The summed E-state index contributed by atoms with van der Waals surface area (Å²) < 4.78 is 5.40. The number of halogens is 3. The van der Waals surface area contributed by atoms with Crippen molar-refractivity contribution in [1.82, 2.24) is 5.32 Å². The molecule has 0 aliphatic carbocycles. The fraction of sp³-hybridized carbons (Fsp3) is 0.158. The topological polar surface area (TPSA) is 78.5 Å². The van der Waals surface area contributed by atoms with E-state index in [1.165, 1.54) is 18.2 Å². The predicted octanol–water partition coefficient (Wildman–Crippen LogP) is 3.55. The van der Waals surface area contributed by atoms with Crippen molar-refractivity contribution >= 4 is 52.8 Å². The maximum absolute atomic E-state index is 12.0. The second kappa shape index (κ2) is 9.13. The molecule has 5 nitrogen and oxygen atoms in total. The average Bonchev–Trinajstić information content (AvgIpc) is 2.59. The Bertz CT molecular complexity index is 902.